The summed E-state index contributed by atoms with van der Waals surface area (Å²) in [6.45, 7) is -1.60. The average molecular weight is 283 g/mol. The van der Waals surface area contributed by atoms with Crippen molar-refractivity contribution in [1.29, 1.82) is 0 Å². The number of carboxylic acid groups (broad SMARTS) is 1. The van der Waals surface area contributed by atoms with E-state index in [1.54, 1.807) is 5.48 Å². The van der Waals surface area contributed by atoms with E-state index < -0.39 is 30.1 Å². The number of nitrogens with one attached hydrogen (secondary N) is 1. The normalized spacial score (nSPS) is 18.9. The van der Waals surface area contributed by atoms with Crippen molar-refractivity contribution in [2.75, 3.05) is 6.61 Å². The van der Waals surface area contributed by atoms with Gasteiger partial charge in [0, 0.05) is 6.42 Å². The third-order valence-electron chi connectivity index (χ3n) is 3.19. The van der Waals surface area contributed by atoms with Crippen molar-refractivity contribution in [3.63, 3.8) is 0 Å². The Morgan fingerprint density at radius 3 is 2.26 bits per heavy atom. The Labute approximate surface area is 108 Å². The molecule has 0 aromatic carbocycles. The summed E-state index contributed by atoms with van der Waals surface area (Å²) in [5, 5.41) is 9.19. The van der Waals surface area contributed by atoms with Crippen LogP contribution in [0.2, 0.25) is 0 Å². The van der Waals surface area contributed by atoms with Gasteiger partial charge in [-0.2, -0.15) is 13.2 Å². The molecule has 19 heavy (non-hydrogen) atoms. The van der Waals surface area contributed by atoms with Gasteiger partial charge in [0.2, 0.25) is 5.91 Å². The Bertz CT molecular complexity index is 337. The van der Waals surface area contributed by atoms with Gasteiger partial charge in [0.25, 0.3) is 0 Å². The second kappa shape index (κ2) is 6.23. The number of rotatable bonds is 5. The highest BCUT2D eigenvalue weighted by molar-refractivity contribution is 5.84. The molecule has 5 nitrogen and oxygen atoms in total. The lowest BCUT2D eigenvalue weighted by molar-refractivity contribution is -0.193. The van der Waals surface area contributed by atoms with Crippen molar-refractivity contribution >= 4 is 11.9 Å². The van der Waals surface area contributed by atoms with Crippen LogP contribution in [-0.2, 0) is 14.4 Å². The number of alkyl halides is 3. The molecule has 1 rings (SSSR count). The molecule has 0 bridgehead atoms. The van der Waals surface area contributed by atoms with Gasteiger partial charge >= 0.3 is 12.1 Å². The van der Waals surface area contributed by atoms with Crippen LogP contribution >= 0.6 is 0 Å². The second-order valence-electron chi connectivity index (χ2n) is 4.75. The third kappa shape index (κ3) is 5.06. The van der Waals surface area contributed by atoms with Crippen molar-refractivity contribution < 1.29 is 32.7 Å². The Morgan fingerprint density at radius 1 is 1.21 bits per heavy atom. The first-order chi connectivity index (χ1) is 8.75. The molecule has 8 heteroatoms. The molecule has 0 aromatic rings. The summed E-state index contributed by atoms with van der Waals surface area (Å²) in [7, 11) is 0. The SMILES string of the molecule is O=C(CC1(C(=O)O)CCCCC1)NOCC(F)(F)F. The number of carboxylic acids is 1. The number of carbonyl (C=O) groups excluding carboxylic acids is 1. The number of hydrogen-bond acceptors (Lipinski definition) is 3. The maximum absolute atomic E-state index is 11.8. The minimum atomic E-state index is -4.54. The van der Waals surface area contributed by atoms with Crippen molar-refractivity contribution in [3.05, 3.63) is 0 Å². The lowest BCUT2D eigenvalue weighted by atomic mass is 9.72. The van der Waals surface area contributed by atoms with Gasteiger partial charge < -0.3 is 5.11 Å². The zero-order valence-corrected chi connectivity index (χ0v) is 10.3. The number of halogens is 3. The summed E-state index contributed by atoms with van der Waals surface area (Å²) < 4.78 is 35.4. The van der Waals surface area contributed by atoms with Gasteiger partial charge in [0.05, 0.1) is 5.41 Å². The molecule has 0 heterocycles. The first kappa shape index (κ1) is 15.7. The van der Waals surface area contributed by atoms with Gasteiger partial charge in [-0.1, -0.05) is 19.3 Å². The average Bonchev–Trinajstić information content (AvgIpc) is 2.28. The summed E-state index contributed by atoms with van der Waals surface area (Å²) in [6.07, 6.45) is -1.89. The summed E-state index contributed by atoms with van der Waals surface area (Å²) in [6, 6.07) is 0. The molecule has 1 amide bonds. The Kier molecular flexibility index (Phi) is 5.16. The molecule has 0 aromatic heterocycles. The van der Waals surface area contributed by atoms with E-state index >= 15 is 0 Å². The highest BCUT2D eigenvalue weighted by Crippen LogP contribution is 2.39. The van der Waals surface area contributed by atoms with Gasteiger partial charge in [-0.05, 0) is 12.8 Å². The van der Waals surface area contributed by atoms with Crippen molar-refractivity contribution in [3.8, 4) is 0 Å². The van der Waals surface area contributed by atoms with E-state index in [9.17, 15) is 27.9 Å². The maximum Gasteiger partial charge on any atom is 0.414 e. The minimum Gasteiger partial charge on any atom is -0.481 e. The van der Waals surface area contributed by atoms with Gasteiger partial charge in [0.15, 0.2) is 6.61 Å². The summed E-state index contributed by atoms with van der Waals surface area (Å²) >= 11 is 0. The van der Waals surface area contributed by atoms with Crippen LogP contribution in [0.4, 0.5) is 13.2 Å². The monoisotopic (exact) mass is 283 g/mol. The van der Waals surface area contributed by atoms with Crippen molar-refractivity contribution in [2.24, 2.45) is 5.41 Å². The van der Waals surface area contributed by atoms with E-state index in [-0.39, 0.29) is 6.42 Å². The molecule has 0 aliphatic heterocycles. The smallest absolute Gasteiger partial charge is 0.414 e. The molecule has 1 saturated carbocycles. The van der Waals surface area contributed by atoms with Gasteiger partial charge in [-0.15, -0.1) is 0 Å². The van der Waals surface area contributed by atoms with Crippen LogP contribution in [-0.4, -0.2) is 29.8 Å². The van der Waals surface area contributed by atoms with Crippen molar-refractivity contribution in [2.45, 2.75) is 44.7 Å². The topological polar surface area (TPSA) is 75.6 Å². The number of amides is 1. The van der Waals surface area contributed by atoms with Crippen LogP contribution in [0.3, 0.4) is 0 Å². The lowest BCUT2D eigenvalue weighted by Gasteiger charge is -2.32. The quantitative estimate of drug-likeness (QED) is 0.757. The van der Waals surface area contributed by atoms with Crippen LogP contribution in [0.1, 0.15) is 38.5 Å². The molecule has 1 aliphatic carbocycles. The van der Waals surface area contributed by atoms with Gasteiger partial charge in [-0.3, -0.25) is 14.4 Å². The Morgan fingerprint density at radius 2 is 1.79 bits per heavy atom. The van der Waals surface area contributed by atoms with E-state index in [0.717, 1.165) is 6.42 Å². The largest absolute Gasteiger partial charge is 0.481 e. The molecule has 2 N–H and O–H groups in total. The fourth-order valence-electron chi connectivity index (χ4n) is 2.24. The number of carbonyl (C=O) groups is 2. The van der Waals surface area contributed by atoms with E-state index in [4.69, 9.17) is 0 Å². The predicted molar refractivity (Wildman–Crippen MR) is 57.9 cm³/mol. The molecule has 0 saturated heterocycles. The van der Waals surface area contributed by atoms with Crippen LogP contribution in [0, 0.1) is 5.41 Å². The van der Waals surface area contributed by atoms with E-state index in [1.807, 2.05) is 0 Å². The standard InChI is InChI=1S/C11H16F3NO4/c12-11(13,14)7-19-15-8(16)6-10(9(17)18)4-2-1-3-5-10/h1-7H2,(H,15,16)(H,17,18). The summed E-state index contributed by atoms with van der Waals surface area (Å²) in [4.78, 5) is 26.7. The molecule has 0 radical (unpaired) electrons. The molecule has 0 atom stereocenters. The van der Waals surface area contributed by atoms with Gasteiger partial charge in [0.1, 0.15) is 0 Å². The molecule has 1 aliphatic rings. The zero-order valence-electron chi connectivity index (χ0n) is 10.3. The van der Waals surface area contributed by atoms with Crippen molar-refractivity contribution in [1.82, 2.24) is 5.48 Å². The highest BCUT2D eigenvalue weighted by atomic mass is 19.4. The van der Waals surface area contributed by atoms with Crippen LogP contribution in [0.25, 0.3) is 0 Å². The predicted octanol–water partition coefficient (Wildman–Crippen LogP) is 2.02. The molecular weight excluding hydrogens is 267 g/mol. The first-order valence-electron chi connectivity index (χ1n) is 5.96. The minimum absolute atomic E-state index is 0.356. The first-order valence-corrected chi connectivity index (χ1v) is 5.96. The Balaban J connectivity index is 2.46. The van der Waals surface area contributed by atoms with E-state index in [0.29, 0.717) is 25.7 Å². The number of aliphatic carboxylic acids is 1. The maximum atomic E-state index is 11.8. The highest BCUT2D eigenvalue weighted by Gasteiger charge is 2.41. The Hall–Kier alpha value is -1.31. The fraction of sp³-hybridized carbons (Fsp3) is 0.818. The fourth-order valence-corrected chi connectivity index (χ4v) is 2.24. The summed E-state index contributed by atoms with van der Waals surface area (Å²) in [5.41, 5.74) is 0.467. The molecule has 1 fully saturated rings. The van der Waals surface area contributed by atoms with Gasteiger partial charge in [-0.25, -0.2) is 5.48 Å². The molecule has 110 valence electrons. The third-order valence-corrected chi connectivity index (χ3v) is 3.19. The van der Waals surface area contributed by atoms with Crippen LogP contribution in [0.15, 0.2) is 0 Å². The van der Waals surface area contributed by atoms with E-state index in [1.165, 1.54) is 0 Å². The number of hydroxylamine groups is 1. The van der Waals surface area contributed by atoms with E-state index in [2.05, 4.69) is 4.84 Å². The molecule has 0 spiro atoms. The molecular formula is C11H16F3NO4. The van der Waals surface area contributed by atoms with Crippen LogP contribution < -0.4 is 5.48 Å². The number of hydrogen-bond donors (Lipinski definition) is 2. The molecule has 0 unspecified atom stereocenters. The van der Waals surface area contributed by atoms with Crippen LogP contribution in [0.5, 0.6) is 0 Å². The second-order valence-corrected chi connectivity index (χ2v) is 4.75. The summed E-state index contributed by atoms with van der Waals surface area (Å²) in [5.74, 6) is -1.92. The lowest BCUT2D eigenvalue weighted by Crippen LogP contribution is -2.40. The zero-order chi connectivity index (χ0) is 14.5.